The van der Waals surface area contributed by atoms with Crippen LogP contribution in [0.4, 0.5) is 0 Å². The van der Waals surface area contributed by atoms with Gasteiger partial charge in [0.2, 0.25) is 0 Å². The van der Waals surface area contributed by atoms with Gasteiger partial charge in [-0.25, -0.2) is 0 Å². The minimum Gasteiger partial charge on any atom is -0.435 e. The van der Waals surface area contributed by atoms with Crippen molar-refractivity contribution in [3.8, 4) is 5.75 Å². The zero-order valence-electron chi connectivity index (χ0n) is 10.7. The second kappa shape index (κ2) is 4.86. The number of H-pyrrole nitrogens is 2. The van der Waals surface area contributed by atoms with Crippen LogP contribution >= 0.6 is 23.4 Å². The van der Waals surface area contributed by atoms with E-state index in [9.17, 15) is 24.9 Å². The van der Waals surface area contributed by atoms with Crippen molar-refractivity contribution in [2.45, 2.75) is 15.8 Å². The lowest BCUT2D eigenvalue weighted by Gasteiger charge is -2.41. The van der Waals surface area contributed by atoms with Gasteiger partial charge in [0.05, 0.1) is 10.6 Å². The van der Waals surface area contributed by atoms with Gasteiger partial charge >= 0.3 is 17.1 Å². The van der Waals surface area contributed by atoms with E-state index in [1.807, 2.05) is 0 Å². The molecule has 2 heterocycles. The molecule has 0 fully saturated rings. The predicted octanol–water partition coefficient (Wildman–Crippen LogP) is -0.315. The van der Waals surface area contributed by atoms with Crippen LogP contribution in [0.15, 0.2) is 38.9 Å². The summed E-state index contributed by atoms with van der Waals surface area (Å²) in [5.74, 6) is -3.02. The Morgan fingerprint density at radius 3 is 2.59 bits per heavy atom. The van der Waals surface area contributed by atoms with E-state index in [-0.39, 0.29) is 11.4 Å². The van der Waals surface area contributed by atoms with E-state index in [2.05, 4.69) is 9.97 Å². The van der Waals surface area contributed by atoms with Crippen LogP contribution < -0.4 is 15.9 Å². The number of fused-ring (bicyclic) bond motifs is 1. The third-order valence-corrected chi connectivity index (χ3v) is 4.60. The van der Waals surface area contributed by atoms with Crippen LogP contribution in [0.25, 0.3) is 0 Å². The summed E-state index contributed by atoms with van der Waals surface area (Å²) in [7, 11) is 0. The summed E-state index contributed by atoms with van der Waals surface area (Å²) < 4.78 is 4.98. The molecule has 0 aliphatic carbocycles. The number of hydrogen-bond acceptors (Lipinski definition) is 7. The summed E-state index contributed by atoms with van der Waals surface area (Å²) in [5, 5.41) is 31.0. The number of aliphatic hydroxyl groups is 3. The fourth-order valence-corrected chi connectivity index (χ4v) is 3.14. The summed E-state index contributed by atoms with van der Waals surface area (Å²) in [4.78, 5) is 24.5. The Morgan fingerprint density at radius 1 is 1.18 bits per heavy atom. The smallest absolute Gasteiger partial charge is 0.369 e. The second-order valence-electron chi connectivity index (χ2n) is 4.53. The Morgan fingerprint density at radius 2 is 1.91 bits per heavy atom. The minimum atomic E-state index is -3.07. The molecule has 3 rings (SSSR count). The number of halogens is 1. The Kier molecular flexibility index (Phi) is 3.34. The fourth-order valence-electron chi connectivity index (χ4n) is 1.93. The molecule has 22 heavy (non-hydrogen) atoms. The highest BCUT2D eigenvalue weighted by Crippen LogP contribution is 2.53. The number of rotatable bonds is 1. The summed E-state index contributed by atoms with van der Waals surface area (Å²) >= 11 is 6.42. The van der Waals surface area contributed by atoms with Gasteiger partial charge in [-0.1, -0.05) is 23.4 Å². The van der Waals surface area contributed by atoms with Gasteiger partial charge in [-0.2, -0.15) is 0 Å². The molecular formula is C12H9ClN2O6S. The molecule has 0 radical (unpaired) electrons. The molecule has 5 N–H and O–H groups in total. The fraction of sp³-hybridized carbons (Fsp3) is 0.167. The molecule has 0 bridgehead atoms. The number of ether oxygens (including phenoxy) is 1. The standard InChI is InChI=1S/C12H9ClN2O6S/c13-5-1-2-7-6(3-5)21-12(19,20)11(18,22-7)8-4-14-9(16)10(17)15-8/h1-4,18-20H,(H,14,16)(H,15,17). The number of nitrogens with one attached hydrogen (secondary N) is 2. The van der Waals surface area contributed by atoms with Crippen molar-refractivity contribution in [1.82, 2.24) is 9.97 Å². The van der Waals surface area contributed by atoms with Crippen LogP contribution in [-0.4, -0.2) is 31.3 Å². The van der Waals surface area contributed by atoms with E-state index in [0.29, 0.717) is 21.7 Å². The highest BCUT2D eigenvalue weighted by atomic mass is 35.5. The van der Waals surface area contributed by atoms with Crippen molar-refractivity contribution in [3.05, 3.63) is 55.8 Å². The van der Waals surface area contributed by atoms with Crippen LogP contribution in [-0.2, 0) is 4.93 Å². The van der Waals surface area contributed by atoms with E-state index >= 15 is 0 Å². The summed E-state index contributed by atoms with van der Waals surface area (Å²) in [6.07, 6.45) is 0.961. The first kappa shape index (κ1) is 15.1. The van der Waals surface area contributed by atoms with Gasteiger partial charge in [0.25, 0.3) is 4.93 Å². The lowest BCUT2D eigenvalue weighted by Crippen LogP contribution is -2.57. The summed E-state index contributed by atoms with van der Waals surface area (Å²) in [6, 6.07) is 4.38. The highest BCUT2D eigenvalue weighted by molar-refractivity contribution is 8.00. The average Bonchev–Trinajstić information content (AvgIpc) is 2.43. The van der Waals surface area contributed by atoms with Crippen LogP contribution in [0.3, 0.4) is 0 Å². The average molecular weight is 345 g/mol. The van der Waals surface area contributed by atoms with Gasteiger partial charge in [0, 0.05) is 17.3 Å². The number of thioether (sulfide) groups is 1. The van der Waals surface area contributed by atoms with Crippen LogP contribution in [0.2, 0.25) is 5.02 Å². The Bertz CT molecular complexity index is 863. The predicted molar refractivity (Wildman–Crippen MR) is 76.7 cm³/mol. The van der Waals surface area contributed by atoms with Crippen molar-refractivity contribution in [1.29, 1.82) is 0 Å². The molecule has 1 aromatic heterocycles. The van der Waals surface area contributed by atoms with Gasteiger partial charge in [-0.15, -0.1) is 0 Å². The van der Waals surface area contributed by atoms with Crippen molar-refractivity contribution < 1.29 is 20.1 Å². The molecule has 1 aliphatic heterocycles. The normalized spacial score (nSPS) is 22.7. The van der Waals surface area contributed by atoms with Gasteiger partial charge in [0.15, 0.2) is 0 Å². The lowest BCUT2D eigenvalue weighted by atomic mass is 10.2. The zero-order valence-corrected chi connectivity index (χ0v) is 12.2. The summed E-state index contributed by atoms with van der Waals surface area (Å²) in [6.45, 7) is 0. The molecule has 2 aromatic rings. The lowest BCUT2D eigenvalue weighted by molar-refractivity contribution is -0.356. The second-order valence-corrected chi connectivity index (χ2v) is 6.20. The van der Waals surface area contributed by atoms with E-state index in [1.54, 1.807) is 0 Å². The van der Waals surface area contributed by atoms with Gasteiger partial charge in [-0.3, -0.25) is 9.59 Å². The maximum atomic E-state index is 11.4. The molecule has 10 heteroatoms. The molecule has 8 nitrogen and oxygen atoms in total. The SMILES string of the molecule is O=c1[nH]cc(C2(O)Sc3ccc(Cl)cc3OC2(O)O)[nH]c1=O. The maximum absolute atomic E-state index is 11.4. The maximum Gasteiger partial charge on any atom is 0.369 e. The van der Waals surface area contributed by atoms with Crippen LogP contribution in [0.5, 0.6) is 5.75 Å². The number of benzene rings is 1. The Labute approximate surface area is 131 Å². The van der Waals surface area contributed by atoms with Gasteiger partial charge in [0.1, 0.15) is 5.75 Å². The first-order valence-corrected chi connectivity index (χ1v) is 7.09. The highest BCUT2D eigenvalue weighted by Gasteiger charge is 2.58. The molecular weight excluding hydrogens is 336 g/mol. The number of aromatic nitrogens is 2. The zero-order chi connectivity index (χ0) is 16.1. The molecule has 1 aliphatic rings. The van der Waals surface area contributed by atoms with Gasteiger partial charge in [-0.05, 0) is 12.1 Å². The molecule has 1 aromatic carbocycles. The summed E-state index contributed by atoms with van der Waals surface area (Å²) in [5.41, 5.74) is -2.33. The topological polar surface area (TPSA) is 136 Å². The number of hydrogen-bond donors (Lipinski definition) is 5. The van der Waals surface area contributed by atoms with E-state index in [0.717, 1.165) is 6.20 Å². The largest absolute Gasteiger partial charge is 0.435 e. The van der Waals surface area contributed by atoms with Crippen LogP contribution in [0, 0.1) is 0 Å². The monoisotopic (exact) mass is 344 g/mol. The molecule has 0 amide bonds. The van der Waals surface area contributed by atoms with Crippen molar-refractivity contribution in [2.75, 3.05) is 0 Å². The van der Waals surface area contributed by atoms with Crippen molar-refractivity contribution >= 4 is 23.4 Å². The number of aromatic amines is 2. The third kappa shape index (κ3) is 2.23. The minimum absolute atomic E-state index is 0.0546. The van der Waals surface area contributed by atoms with E-state index in [1.165, 1.54) is 18.2 Å². The quantitative estimate of drug-likeness (QED) is 0.353. The first-order valence-electron chi connectivity index (χ1n) is 5.90. The first-order chi connectivity index (χ1) is 10.2. The van der Waals surface area contributed by atoms with Gasteiger partial charge < -0.3 is 30.0 Å². The molecule has 0 saturated carbocycles. The Hall–Kier alpha value is -1.78. The van der Waals surface area contributed by atoms with Crippen LogP contribution in [0.1, 0.15) is 5.69 Å². The van der Waals surface area contributed by atoms with Crippen molar-refractivity contribution in [3.63, 3.8) is 0 Å². The molecule has 1 unspecified atom stereocenters. The van der Waals surface area contributed by atoms with E-state index < -0.39 is 22.0 Å². The molecule has 0 spiro atoms. The van der Waals surface area contributed by atoms with Crippen molar-refractivity contribution in [2.24, 2.45) is 0 Å². The molecule has 116 valence electrons. The Balaban J connectivity index is 2.16. The third-order valence-electron chi connectivity index (χ3n) is 3.02. The molecule has 1 atom stereocenters. The van der Waals surface area contributed by atoms with E-state index in [4.69, 9.17) is 16.3 Å². The molecule has 0 saturated heterocycles.